The second-order valence-corrected chi connectivity index (χ2v) is 8.49. The predicted octanol–water partition coefficient (Wildman–Crippen LogP) is 4.08. The Morgan fingerprint density at radius 1 is 0.966 bits per heavy atom. The number of carbonyl (C=O) groups excluding carboxylic acids is 1. The Labute approximate surface area is 170 Å². The quantitative estimate of drug-likeness (QED) is 0.664. The first kappa shape index (κ1) is 20.4. The molecule has 7 heteroatoms. The molecule has 1 amide bonds. The van der Waals surface area contributed by atoms with Crippen molar-refractivity contribution >= 4 is 27.3 Å². The second kappa shape index (κ2) is 8.36. The molecule has 3 rings (SSSR count). The lowest BCUT2D eigenvalue weighted by atomic mass is 10.2. The van der Waals surface area contributed by atoms with Gasteiger partial charge in [-0.05, 0) is 55.5 Å². The summed E-state index contributed by atoms with van der Waals surface area (Å²) in [7, 11) is -0.636. The number of anilines is 2. The zero-order valence-corrected chi connectivity index (χ0v) is 17.2. The number of sulfonamides is 1. The van der Waals surface area contributed by atoms with E-state index in [-0.39, 0.29) is 10.8 Å². The van der Waals surface area contributed by atoms with Gasteiger partial charge in [0.05, 0.1) is 17.7 Å². The maximum absolute atomic E-state index is 12.8. The van der Waals surface area contributed by atoms with Crippen LogP contribution in [-0.4, -0.2) is 28.5 Å². The maximum Gasteiger partial charge on any atom is 0.264 e. The largest absolute Gasteiger partial charge is 0.497 e. The number of rotatable bonds is 6. The zero-order chi connectivity index (χ0) is 21.0. The van der Waals surface area contributed by atoms with Crippen LogP contribution in [0.4, 0.5) is 11.4 Å². The zero-order valence-electron chi connectivity index (χ0n) is 16.4. The van der Waals surface area contributed by atoms with E-state index in [1.807, 2.05) is 6.92 Å². The number of aryl methyl sites for hydroxylation is 1. The molecule has 0 saturated carbocycles. The number of nitrogens with one attached hydrogen (secondary N) is 1. The minimum Gasteiger partial charge on any atom is -0.497 e. The van der Waals surface area contributed by atoms with Crippen molar-refractivity contribution in [3.05, 3.63) is 83.9 Å². The first-order valence-electron chi connectivity index (χ1n) is 8.92. The maximum atomic E-state index is 12.8. The van der Waals surface area contributed by atoms with Crippen molar-refractivity contribution in [2.24, 2.45) is 0 Å². The van der Waals surface area contributed by atoms with Crippen molar-refractivity contribution in [1.29, 1.82) is 0 Å². The normalized spacial score (nSPS) is 11.0. The first-order chi connectivity index (χ1) is 13.8. The van der Waals surface area contributed by atoms with Crippen LogP contribution < -0.4 is 14.4 Å². The summed E-state index contributed by atoms with van der Waals surface area (Å²) < 4.78 is 31.9. The molecule has 0 saturated heterocycles. The molecule has 3 aromatic rings. The van der Waals surface area contributed by atoms with Gasteiger partial charge in [0.25, 0.3) is 15.9 Å². The van der Waals surface area contributed by atoms with E-state index in [0.717, 1.165) is 5.56 Å². The number of nitrogens with zero attached hydrogens (tertiary/aromatic N) is 1. The van der Waals surface area contributed by atoms with E-state index in [1.54, 1.807) is 79.9 Å². The number of carbonyl (C=O) groups is 1. The van der Waals surface area contributed by atoms with Gasteiger partial charge < -0.3 is 10.1 Å². The third-order valence-corrected chi connectivity index (χ3v) is 6.30. The Morgan fingerprint density at radius 3 is 2.24 bits per heavy atom. The van der Waals surface area contributed by atoms with Gasteiger partial charge >= 0.3 is 0 Å². The van der Waals surface area contributed by atoms with Crippen LogP contribution in [-0.2, 0) is 10.0 Å². The van der Waals surface area contributed by atoms with Crippen molar-refractivity contribution in [3.8, 4) is 5.75 Å². The molecule has 0 bridgehead atoms. The van der Waals surface area contributed by atoms with Gasteiger partial charge in [0, 0.05) is 24.4 Å². The highest BCUT2D eigenvalue weighted by atomic mass is 32.2. The van der Waals surface area contributed by atoms with Gasteiger partial charge in [0.1, 0.15) is 5.75 Å². The molecule has 0 unspecified atom stereocenters. The lowest BCUT2D eigenvalue weighted by Crippen LogP contribution is -2.26. The number of hydrogen-bond acceptors (Lipinski definition) is 4. The molecule has 0 fully saturated rings. The molecule has 0 aliphatic heterocycles. The van der Waals surface area contributed by atoms with Crippen molar-refractivity contribution in [1.82, 2.24) is 0 Å². The van der Waals surface area contributed by atoms with Gasteiger partial charge in [0.15, 0.2) is 0 Å². The standard InChI is InChI=1S/C22H22N2O4S/c1-16-7-13-21(14-8-16)29(26,27)24(2)19-11-9-17(10-12-19)22(25)23-18-5-4-6-20(15-18)28-3/h4-15H,1-3H3,(H,23,25). The van der Waals surface area contributed by atoms with Crippen LogP contribution in [0.5, 0.6) is 5.75 Å². The summed E-state index contributed by atoms with van der Waals surface area (Å²) in [5.41, 5.74) is 2.47. The van der Waals surface area contributed by atoms with E-state index in [9.17, 15) is 13.2 Å². The molecule has 0 aromatic heterocycles. The van der Waals surface area contributed by atoms with Crippen LogP contribution in [0.2, 0.25) is 0 Å². The number of ether oxygens (including phenoxy) is 1. The lowest BCUT2D eigenvalue weighted by Gasteiger charge is -2.20. The smallest absolute Gasteiger partial charge is 0.264 e. The van der Waals surface area contributed by atoms with Gasteiger partial charge in [-0.3, -0.25) is 9.10 Å². The fourth-order valence-electron chi connectivity index (χ4n) is 2.73. The first-order valence-corrected chi connectivity index (χ1v) is 10.4. The topological polar surface area (TPSA) is 75.7 Å². The monoisotopic (exact) mass is 410 g/mol. The Balaban J connectivity index is 1.76. The highest BCUT2D eigenvalue weighted by Gasteiger charge is 2.21. The van der Waals surface area contributed by atoms with E-state index in [0.29, 0.717) is 22.7 Å². The highest BCUT2D eigenvalue weighted by molar-refractivity contribution is 7.92. The van der Waals surface area contributed by atoms with E-state index in [4.69, 9.17) is 4.74 Å². The summed E-state index contributed by atoms with van der Waals surface area (Å²) in [6.07, 6.45) is 0. The number of hydrogen-bond donors (Lipinski definition) is 1. The lowest BCUT2D eigenvalue weighted by molar-refractivity contribution is 0.102. The van der Waals surface area contributed by atoms with Gasteiger partial charge in [0.2, 0.25) is 0 Å². The summed E-state index contributed by atoms with van der Waals surface area (Å²) in [5.74, 6) is 0.343. The van der Waals surface area contributed by atoms with Crippen molar-refractivity contribution in [2.45, 2.75) is 11.8 Å². The molecule has 0 aliphatic rings. The average molecular weight is 410 g/mol. The van der Waals surface area contributed by atoms with E-state index >= 15 is 0 Å². The highest BCUT2D eigenvalue weighted by Crippen LogP contribution is 2.23. The van der Waals surface area contributed by atoms with E-state index < -0.39 is 10.0 Å². The fraction of sp³-hybridized carbons (Fsp3) is 0.136. The van der Waals surface area contributed by atoms with Gasteiger partial charge in [-0.2, -0.15) is 0 Å². The molecule has 0 aliphatic carbocycles. The number of methoxy groups -OCH3 is 1. The molecular formula is C22H22N2O4S. The van der Waals surface area contributed by atoms with Crippen LogP contribution in [0.1, 0.15) is 15.9 Å². The van der Waals surface area contributed by atoms with Crippen molar-refractivity contribution < 1.29 is 17.9 Å². The van der Waals surface area contributed by atoms with Crippen LogP contribution in [0.3, 0.4) is 0 Å². The second-order valence-electron chi connectivity index (χ2n) is 6.52. The summed E-state index contributed by atoms with van der Waals surface area (Å²) in [5, 5.41) is 2.79. The average Bonchev–Trinajstić information content (AvgIpc) is 2.73. The van der Waals surface area contributed by atoms with Crippen LogP contribution in [0, 0.1) is 6.92 Å². The molecule has 1 N–H and O–H groups in total. The molecule has 0 heterocycles. The predicted molar refractivity (Wildman–Crippen MR) is 114 cm³/mol. The van der Waals surface area contributed by atoms with E-state index in [2.05, 4.69) is 5.32 Å². The van der Waals surface area contributed by atoms with Crippen LogP contribution in [0.25, 0.3) is 0 Å². The summed E-state index contributed by atoms with van der Waals surface area (Å²) in [6.45, 7) is 1.90. The third kappa shape index (κ3) is 4.57. The molecule has 0 radical (unpaired) electrons. The summed E-state index contributed by atoms with van der Waals surface area (Å²) in [4.78, 5) is 12.7. The molecule has 3 aromatic carbocycles. The van der Waals surface area contributed by atoms with Crippen LogP contribution >= 0.6 is 0 Å². The fourth-order valence-corrected chi connectivity index (χ4v) is 3.93. The molecule has 29 heavy (non-hydrogen) atoms. The van der Waals surface area contributed by atoms with E-state index in [1.165, 1.54) is 11.4 Å². The molecule has 0 atom stereocenters. The third-order valence-electron chi connectivity index (χ3n) is 4.50. The Kier molecular flexibility index (Phi) is 5.89. The Morgan fingerprint density at radius 2 is 1.62 bits per heavy atom. The molecular weight excluding hydrogens is 388 g/mol. The van der Waals surface area contributed by atoms with Crippen molar-refractivity contribution in [2.75, 3.05) is 23.8 Å². The minimum absolute atomic E-state index is 0.213. The van der Waals surface area contributed by atoms with Gasteiger partial charge in [-0.15, -0.1) is 0 Å². The molecule has 0 spiro atoms. The van der Waals surface area contributed by atoms with Gasteiger partial charge in [-0.1, -0.05) is 23.8 Å². The minimum atomic E-state index is -3.68. The Hall–Kier alpha value is -3.32. The molecule has 6 nitrogen and oxygen atoms in total. The van der Waals surface area contributed by atoms with Gasteiger partial charge in [-0.25, -0.2) is 8.42 Å². The SMILES string of the molecule is COc1cccc(NC(=O)c2ccc(N(C)S(=O)(=O)c3ccc(C)cc3)cc2)c1. The summed E-state index contributed by atoms with van der Waals surface area (Å²) >= 11 is 0. The van der Waals surface area contributed by atoms with Crippen molar-refractivity contribution in [3.63, 3.8) is 0 Å². The number of amides is 1. The Bertz CT molecular complexity index is 1110. The van der Waals surface area contributed by atoms with Crippen LogP contribution in [0.15, 0.2) is 77.7 Å². The number of benzene rings is 3. The molecule has 150 valence electrons. The summed E-state index contributed by atoms with van der Waals surface area (Å²) in [6, 6.07) is 20.1.